The van der Waals surface area contributed by atoms with E-state index in [1.807, 2.05) is 69.0 Å². The summed E-state index contributed by atoms with van der Waals surface area (Å²) in [5.41, 5.74) is 1.17. The summed E-state index contributed by atoms with van der Waals surface area (Å²) < 4.78 is 1.84. The maximum atomic E-state index is 12.9. The van der Waals surface area contributed by atoms with Gasteiger partial charge in [-0.25, -0.2) is 9.48 Å². The monoisotopic (exact) mass is 459 g/mol. The molecule has 3 amide bonds. The molecule has 0 spiro atoms. The second kappa shape index (κ2) is 10.4. The van der Waals surface area contributed by atoms with E-state index in [-0.39, 0.29) is 29.4 Å². The van der Waals surface area contributed by atoms with Gasteiger partial charge in [0.1, 0.15) is 12.4 Å². The molecule has 1 aromatic heterocycles. The molecule has 0 aliphatic heterocycles. The molecule has 1 heterocycles. The van der Waals surface area contributed by atoms with Crippen LogP contribution < -0.4 is 10.6 Å². The number of anilines is 2. The summed E-state index contributed by atoms with van der Waals surface area (Å²) in [5, 5.41) is 10.6. The van der Waals surface area contributed by atoms with Crippen LogP contribution >= 0.6 is 11.8 Å². The summed E-state index contributed by atoms with van der Waals surface area (Å²) in [6, 6.07) is 9.27. The van der Waals surface area contributed by atoms with Crippen molar-refractivity contribution in [1.82, 2.24) is 14.7 Å². The molecular weight excluding hydrogens is 422 g/mol. The molecule has 0 saturated heterocycles. The van der Waals surface area contributed by atoms with E-state index >= 15 is 0 Å². The summed E-state index contributed by atoms with van der Waals surface area (Å²) in [4.78, 5) is 28.4. The van der Waals surface area contributed by atoms with Gasteiger partial charge in [-0.15, -0.1) is 11.8 Å². The van der Waals surface area contributed by atoms with Gasteiger partial charge >= 0.3 is 6.03 Å². The molecule has 7 nitrogen and oxygen atoms in total. The summed E-state index contributed by atoms with van der Waals surface area (Å²) >= 11 is 1.64. The number of hydrogen-bond donors (Lipinski definition) is 2. The Balaban J connectivity index is 2.14. The molecule has 0 fully saturated rings. The molecule has 1 aromatic carbocycles. The van der Waals surface area contributed by atoms with E-state index < -0.39 is 0 Å². The first kappa shape index (κ1) is 25.8. The molecule has 2 N–H and O–H groups in total. The van der Waals surface area contributed by atoms with E-state index in [0.29, 0.717) is 18.1 Å². The fraction of sp³-hybridized carbons (Fsp3) is 0.542. The van der Waals surface area contributed by atoms with E-state index in [1.54, 1.807) is 11.8 Å². The maximum absolute atomic E-state index is 12.9. The molecule has 2 rings (SSSR count). The zero-order valence-electron chi connectivity index (χ0n) is 20.6. The van der Waals surface area contributed by atoms with Crippen LogP contribution in [0.25, 0.3) is 0 Å². The Morgan fingerprint density at radius 3 is 2.19 bits per heavy atom. The molecule has 32 heavy (non-hydrogen) atoms. The number of rotatable bonds is 7. The van der Waals surface area contributed by atoms with Gasteiger partial charge in [-0.05, 0) is 57.7 Å². The third kappa shape index (κ3) is 7.02. The fourth-order valence-electron chi connectivity index (χ4n) is 3.10. The van der Waals surface area contributed by atoms with E-state index in [9.17, 15) is 9.59 Å². The minimum atomic E-state index is -0.296. The molecule has 0 aliphatic rings. The van der Waals surface area contributed by atoms with Crippen molar-refractivity contribution in [2.75, 3.05) is 30.0 Å². The second-order valence-electron chi connectivity index (χ2n) is 9.88. The van der Waals surface area contributed by atoms with Crippen LogP contribution in [0, 0.1) is 0 Å². The summed E-state index contributed by atoms with van der Waals surface area (Å²) in [6.45, 7) is 14.8. The van der Waals surface area contributed by atoms with Gasteiger partial charge in [0.2, 0.25) is 5.91 Å². The fourth-order valence-corrected chi connectivity index (χ4v) is 3.51. The lowest BCUT2D eigenvalue weighted by Gasteiger charge is -2.24. The highest BCUT2D eigenvalue weighted by Gasteiger charge is 2.26. The van der Waals surface area contributed by atoms with Gasteiger partial charge < -0.3 is 15.5 Å². The number of hydrogen-bond acceptors (Lipinski definition) is 4. The largest absolute Gasteiger partial charge is 0.322 e. The Morgan fingerprint density at radius 1 is 1.06 bits per heavy atom. The quantitative estimate of drug-likeness (QED) is 0.533. The number of nitrogens with one attached hydrogen (secondary N) is 2. The lowest BCUT2D eigenvalue weighted by Crippen LogP contribution is -2.41. The van der Waals surface area contributed by atoms with Crippen LogP contribution in [-0.4, -0.2) is 46.0 Å². The van der Waals surface area contributed by atoms with Gasteiger partial charge in [0.25, 0.3) is 0 Å². The Labute approximate surface area is 196 Å². The van der Waals surface area contributed by atoms with Crippen molar-refractivity contribution < 1.29 is 9.59 Å². The minimum Gasteiger partial charge on any atom is -0.315 e. The Bertz CT molecular complexity index is 923. The molecule has 0 unspecified atom stereocenters. The first-order chi connectivity index (χ1) is 14.8. The van der Waals surface area contributed by atoms with Gasteiger partial charge in [0, 0.05) is 28.6 Å². The Hall–Kier alpha value is -2.48. The van der Waals surface area contributed by atoms with Crippen LogP contribution in [0.1, 0.15) is 60.6 Å². The lowest BCUT2D eigenvalue weighted by atomic mass is 9.92. The SMILES string of the molecule is CCCN(CC(=O)Nc1cc(C(C)(C)C)nn1C(C)(C)C)C(=O)Nc1ccc(SC)cc1. The van der Waals surface area contributed by atoms with E-state index in [2.05, 4.69) is 31.4 Å². The van der Waals surface area contributed by atoms with Crippen molar-refractivity contribution in [3.05, 3.63) is 36.0 Å². The van der Waals surface area contributed by atoms with Gasteiger partial charge in [0.15, 0.2) is 0 Å². The van der Waals surface area contributed by atoms with Crippen LogP contribution in [0.15, 0.2) is 35.2 Å². The summed E-state index contributed by atoms with van der Waals surface area (Å²) in [5.74, 6) is 0.383. The minimum absolute atomic E-state index is 0.0389. The lowest BCUT2D eigenvalue weighted by molar-refractivity contribution is -0.116. The Kier molecular flexibility index (Phi) is 8.40. The van der Waals surface area contributed by atoms with Gasteiger partial charge in [-0.1, -0.05) is 27.7 Å². The second-order valence-corrected chi connectivity index (χ2v) is 10.8. The standard InChI is InChI=1S/C24H37N5O2S/c1-9-14-28(22(31)25-17-10-12-18(32-8)13-11-17)16-21(30)26-20-15-19(23(2,3)4)27-29(20)24(5,6)7/h10-13,15H,9,14,16H2,1-8H3,(H,25,31)(H,26,30). The highest BCUT2D eigenvalue weighted by molar-refractivity contribution is 7.98. The molecular formula is C24H37N5O2S. The zero-order valence-corrected chi connectivity index (χ0v) is 21.4. The predicted molar refractivity (Wildman–Crippen MR) is 134 cm³/mol. The molecule has 0 saturated carbocycles. The van der Waals surface area contributed by atoms with Crippen molar-refractivity contribution >= 4 is 35.2 Å². The molecule has 8 heteroatoms. The van der Waals surface area contributed by atoms with Crippen molar-refractivity contribution in [1.29, 1.82) is 0 Å². The number of thioether (sulfide) groups is 1. The van der Waals surface area contributed by atoms with E-state index in [0.717, 1.165) is 17.0 Å². The zero-order chi connectivity index (χ0) is 24.1. The normalized spacial score (nSPS) is 11.9. The van der Waals surface area contributed by atoms with Crippen LogP contribution in [0.5, 0.6) is 0 Å². The van der Waals surface area contributed by atoms with Gasteiger partial charge in [-0.2, -0.15) is 5.10 Å². The first-order valence-electron chi connectivity index (χ1n) is 11.0. The number of urea groups is 1. The van der Waals surface area contributed by atoms with Crippen LogP contribution in [-0.2, 0) is 15.7 Å². The van der Waals surface area contributed by atoms with Crippen molar-refractivity contribution in [3.63, 3.8) is 0 Å². The van der Waals surface area contributed by atoms with Crippen molar-refractivity contribution in [2.45, 2.75) is 70.7 Å². The maximum Gasteiger partial charge on any atom is 0.322 e. The third-order valence-electron chi connectivity index (χ3n) is 4.84. The topological polar surface area (TPSA) is 79.3 Å². The number of carbonyl (C=O) groups is 2. The summed E-state index contributed by atoms with van der Waals surface area (Å²) in [7, 11) is 0. The highest BCUT2D eigenvalue weighted by atomic mass is 32.2. The smallest absolute Gasteiger partial charge is 0.315 e. The highest BCUT2D eigenvalue weighted by Crippen LogP contribution is 2.28. The number of nitrogens with zero attached hydrogens (tertiary/aromatic N) is 3. The average Bonchev–Trinajstić information content (AvgIpc) is 3.13. The third-order valence-corrected chi connectivity index (χ3v) is 5.58. The first-order valence-corrected chi connectivity index (χ1v) is 12.2. The molecule has 0 bridgehead atoms. The van der Waals surface area contributed by atoms with Gasteiger partial charge in [0.05, 0.1) is 11.2 Å². The Morgan fingerprint density at radius 2 is 1.69 bits per heavy atom. The predicted octanol–water partition coefficient (Wildman–Crippen LogP) is 5.54. The average molecular weight is 460 g/mol. The molecule has 0 atom stereocenters. The van der Waals surface area contributed by atoms with Crippen molar-refractivity contribution in [3.8, 4) is 0 Å². The molecule has 176 valence electrons. The van der Waals surface area contributed by atoms with Crippen molar-refractivity contribution in [2.24, 2.45) is 0 Å². The van der Waals surface area contributed by atoms with Crippen LogP contribution in [0.4, 0.5) is 16.3 Å². The molecule has 2 aromatic rings. The van der Waals surface area contributed by atoms with Crippen LogP contribution in [0.2, 0.25) is 0 Å². The van der Waals surface area contributed by atoms with E-state index in [4.69, 9.17) is 5.10 Å². The van der Waals surface area contributed by atoms with Gasteiger partial charge in [-0.3, -0.25) is 4.79 Å². The summed E-state index contributed by atoms with van der Waals surface area (Å²) in [6.07, 6.45) is 2.76. The number of benzene rings is 1. The molecule has 0 radical (unpaired) electrons. The van der Waals surface area contributed by atoms with Crippen LogP contribution in [0.3, 0.4) is 0 Å². The molecule has 0 aliphatic carbocycles. The number of amides is 3. The van der Waals surface area contributed by atoms with E-state index in [1.165, 1.54) is 4.90 Å². The number of aromatic nitrogens is 2. The number of carbonyl (C=O) groups excluding carboxylic acids is 2.